The summed E-state index contributed by atoms with van der Waals surface area (Å²) in [4.78, 5) is 0.280. The van der Waals surface area contributed by atoms with Crippen LogP contribution in [0.2, 0.25) is 0 Å². The zero-order valence-electron chi connectivity index (χ0n) is 12.9. The van der Waals surface area contributed by atoms with Crippen molar-refractivity contribution < 1.29 is 8.42 Å². The van der Waals surface area contributed by atoms with E-state index in [2.05, 4.69) is 34.5 Å². The van der Waals surface area contributed by atoms with Crippen LogP contribution < -0.4 is 4.72 Å². The van der Waals surface area contributed by atoms with Crippen LogP contribution in [0.4, 0.5) is 5.69 Å². The Balaban J connectivity index is 2.26. The quantitative estimate of drug-likeness (QED) is 0.785. The third-order valence-corrected chi connectivity index (χ3v) is 5.68. The lowest BCUT2D eigenvalue weighted by Gasteiger charge is -2.13. The van der Waals surface area contributed by atoms with Crippen molar-refractivity contribution in [3.05, 3.63) is 58.1 Å². The summed E-state index contributed by atoms with van der Waals surface area (Å²) in [7, 11) is -3.56. The molecule has 0 bridgehead atoms. The number of anilines is 1. The number of nitrogens with one attached hydrogen (secondary N) is 1. The SMILES string of the molecule is CCC(C)c1ccc(S(=O)(=O)Nc2ccc(Br)cc2C)cc1. The molecule has 2 aromatic rings. The van der Waals surface area contributed by atoms with Crippen molar-refractivity contribution in [3.63, 3.8) is 0 Å². The van der Waals surface area contributed by atoms with E-state index in [0.717, 1.165) is 22.0 Å². The van der Waals surface area contributed by atoms with Gasteiger partial charge >= 0.3 is 0 Å². The van der Waals surface area contributed by atoms with Gasteiger partial charge in [0.05, 0.1) is 10.6 Å². The second-order valence-corrected chi connectivity index (χ2v) is 8.04. The van der Waals surface area contributed by atoms with Gasteiger partial charge in [-0.3, -0.25) is 4.72 Å². The predicted molar refractivity (Wildman–Crippen MR) is 94.8 cm³/mol. The maximum absolute atomic E-state index is 12.5. The first-order chi connectivity index (χ1) is 10.3. The van der Waals surface area contributed by atoms with E-state index in [1.54, 1.807) is 18.2 Å². The first-order valence-electron chi connectivity index (χ1n) is 7.22. The molecule has 0 amide bonds. The van der Waals surface area contributed by atoms with Gasteiger partial charge in [-0.1, -0.05) is 41.9 Å². The molecule has 0 radical (unpaired) electrons. The van der Waals surface area contributed by atoms with Crippen LogP contribution in [0, 0.1) is 6.92 Å². The van der Waals surface area contributed by atoms with Crippen molar-refractivity contribution in [2.45, 2.75) is 38.0 Å². The number of sulfonamides is 1. The fourth-order valence-electron chi connectivity index (χ4n) is 2.16. The van der Waals surface area contributed by atoms with Crippen LogP contribution in [0.3, 0.4) is 0 Å². The van der Waals surface area contributed by atoms with Crippen molar-refractivity contribution in [2.75, 3.05) is 4.72 Å². The van der Waals surface area contributed by atoms with Crippen LogP contribution >= 0.6 is 15.9 Å². The van der Waals surface area contributed by atoms with Gasteiger partial charge in [0.1, 0.15) is 0 Å². The number of rotatable bonds is 5. The molecule has 0 aliphatic heterocycles. The Kier molecular flexibility index (Phi) is 5.29. The fraction of sp³-hybridized carbons (Fsp3) is 0.294. The van der Waals surface area contributed by atoms with Gasteiger partial charge in [0.2, 0.25) is 0 Å². The smallest absolute Gasteiger partial charge is 0.261 e. The lowest BCUT2D eigenvalue weighted by atomic mass is 9.99. The molecule has 0 aliphatic rings. The standard InChI is InChI=1S/C17H20BrNO2S/c1-4-12(2)14-5-8-16(9-6-14)22(20,21)19-17-10-7-15(18)11-13(17)3/h5-12,19H,4H2,1-3H3. The summed E-state index contributed by atoms with van der Waals surface area (Å²) >= 11 is 3.37. The van der Waals surface area contributed by atoms with Crippen molar-refractivity contribution in [3.8, 4) is 0 Å². The first-order valence-corrected chi connectivity index (χ1v) is 9.50. The summed E-state index contributed by atoms with van der Waals surface area (Å²) in [5.41, 5.74) is 2.62. The summed E-state index contributed by atoms with van der Waals surface area (Å²) in [6, 6.07) is 12.6. The number of aryl methyl sites for hydroxylation is 1. The normalized spacial score (nSPS) is 12.9. The Labute approximate surface area is 140 Å². The van der Waals surface area contributed by atoms with Gasteiger partial charge in [0, 0.05) is 4.47 Å². The minimum atomic E-state index is -3.56. The van der Waals surface area contributed by atoms with Crippen LogP contribution in [-0.2, 0) is 10.0 Å². The molecule has 3 nitrogen and oxygen atoms in total. The van der Waals surface area contributed by atoms with E-state index in [4.69, 9.17) is 0 Å². The van der Waals surface area contributed by atoms with Crippen molar-refractivity contribution >= 4 is 31.6 Å². The van der Waals surface area contributed by atoms with Crippen LogP contribution in [0.15, 0.2) is 51.8 Å². The van der Waals surface area contributed by atoms with E-state index >= 15 is 0 Å². The van der Waals surface area contributed by atoms with Gasteiger partial charge in [-0.2, -0.15) is 0 Å². The number of halogens is 1. The van der Waals surface area contributed by atoms with Gasteiger partial charge in [0.25, 0.3) is 10.0 Å². The van der Waals surface area contributed by atoms with Gasteiger partial charge in [-0.25, -0.2) is 8.42 Å². The molecular weight excluding hydrogens is 362 g/mol. The van der Waals surface area contributed by atoms with E-state index in [1.165, 1.54) is 0 Å². The molecule has 22 heavy (non-hydrogen) atoms. The molecule has 0 saturated carbocycles. The van der Waals surface area contributed by atoms with E-state index in [-0.39, 0.29) is 4.90 Å². The molecule has 1 unspecified atom stereocenters. The predicted octanol–water partition coefficient (Wildman–Crippen LogP) is 5.07. The van der Waals surface area contributed by atoms with Gasteiger partial charge in [0.15, 0.2) is 0 Å². The molecule has 2 rings (SSSR count). The monoisotopic (exact) mass is 381 g/mol. The third-order valence-electron chi connectivity index (χ3n) is 3.80. The molecule has 118 valence electrons. The summed E-state index contributed by atoms with van der Waals surface area (Å²) < 4.78 is 28.5. The molecule has 0 saturated heterocycles. The van der Waals surface area contributed by atoms with Crippen molar-refractivity contribution in [1.82, 2.24) is 0 Å². The van der Waals surface area contributed by atoms with Gasteiger partial charge in [-0.05, 0) is 60.7 Å². The second-order valence-electron chi connectivity index (χ2n) is 5.44. The molecule has 0 heterocycles. The van der Waals surface area contributed by atoms with Crippen LogP contribution in [0.1, 0.15) is 37.3 Å². The Morgan fingerprint density at radius 2 is 1.77 bits per heavy atom. The maximum atomic E-state index is 12.5. The largest absolute Gasteiger partial charge is 0.279 e. The Morgan fingerprint density at radius 1 is 1.14 bits per heavy atom. The highest BCUT2D eigenvalue weighted by atomic mass is 79.9. The summed E-state index contributed by atoms with van der Waals surface area (Å²) in [5, 5.41) is 0. The molecule has 0 aliphatic carbocycles. The average molecular weight is 382 g/mol. The highest BCUT2D eigenvalue weighted by molar-refractivity contribution is 9.10. The first kappa shape index (κ1) is 17.0. The Hall–Kier alpha value is -1.33. The van der Waals surface area contributed by atoms with E-state index in [9.17, 15) is 8.42 Å². The third kappa shape index (κ3) is 3.90. The fourth-order valence-corrected chi connectivity index (χ4v) is 3.76. The number of benzene rings is 2. The minimum absolute atomic E-state index is 0.280. The number of hydrogen-bond donors (Lipinski definition) is 1. The molecule has 0 aromatic heterocycles. The summed E-state index contributed by atoms with van der Waals surface area (Å²) in [5.74, 6) is 0.429. The van der Waals surface area contributed by atoms with Crippen LogP contribution in [0.5, 0.6) is 0 Å². The minimum Gasteiger partial charge on any atom is -0.279 e. The second kappa shape index (κ2) is 6.84. The topological polar surface area (TPSA) is 46.2 Å². The Bertz CT molecular complexity index is 755. The molecule has 5 heteroatoms. The lowest BCUT2D eigenvalue weighted by molar-refractivity contribution is 0.601. The molecule has 1 N–H and O–H groups in total. The molecule has 0 fully saturated rings. The molecule has 2 aromatic carbocycles. The van der Waals surface area contributed by atoms with Crippen LogP contribution in [-0.4, -0.2) is 8.42 Å². The summed E-state index contributed by atoms with van der Waals surface area (Å²) in [6.07, 6.45) is 1.03. The van der Waals surface area contributed by atoms with E-state index in [1.807, 2.05) is 31.2 Å². The van der Waals surface area contributed by atoms with Gasteiger partial charge in [-0.15, -0.1) is 0 Å². The molecule has 0 spiro atoms. The summed E-state index contributed by atoms with van der Waals surface area (Å²) in [6.45, 7) is 6.12. The highest BCUT2D eigenvalue weighted by Crippen LogP contribution is 2.24. The van der Waals surface area contributed by atoms with Crippen molar-refractivity contribution in [2.24, 2.45) is 0 Å². The van der Waals surface area contributed by atoms with Crippen LogP contribution in [0.25, 0.3) is 0 Å². The molecule has 1 atom stereocenters. The highest BCUT2D eigenvalue weighted by Gasteiger charge is 2.15. The van der Waals surface area contributed by atoms with E-state index < -0.39 is 10.0 Å². The Morgan fingerprint density at radius 3 is 2.32 bits per heavy atom. The van der Waals surface area contributed by atoms with E-state index in [0.29, 0.717) is 11.6 Å². The lowest BCUT2D eigenvalue weighted by Crippen LogP contribution is -2.13. The molecular formula is C17H20BrNO2S. The zero-order chi connectivity index (χ0) is 16.3. The maximum Gasteiger partial charge on any atom is 0.261 e. The van der Waals surface area contributed by atoms with Gasteiger partial charge < -0.3 is 0 Å². The zero-order valence-corrected chi connectivity index (χ0v) is 15.3. The van der Waals surface area contributed by atoms with Crippen molar-refractivity contribution in [1.29, 1.82) is 0 Å². The number of hydrogen-bond acceptors (Lipinski definition) is 2. The average Bonchev–Trinajstić information content (AvgIpc) is 2.49.